The van der Waals surface area contributed by atoms with Crippen molar-refractivity contribution >= 4 is 52.2 Å². The third kappa shape index (κ3) is 6.84. The lowest BCUT2D eigenvalue weighted by Gasteiger charge is -2.14. The van der Waals surface area contributed by atoms with Gasteiger partial charge in [0.2, 0.25) is 0 Å². The Morgan fingerprint density at radius 2 is 1.73 bits per heavy atom. The van der Waals surface area contributed by atoms with E-state index < -0.39 is 5.91 Å². The van der Waals surface area contributed by atoms with Crippen molar-refractivity contribution in [3.63, 3.8) is 0 Å². The molecule has 8 nitrogen and oxygen atoms in total. The van der Waals surface area contributed by atoms with Crippen LogP contribution in [0.25, 0.3) is 6.08 Å². The standard InChI is InChI=1S/C27H23ClN2O6S/c1-34-23-15-18(11-12-22(23)36-17-25(31)29-19-7-3-2-4-8-19)16-24-26(32)30(27(33)37-24)13-14-35-21-10-6-5-9-20(21)28/h2-12,15-16H,13-14,17H2,1H3,(H,29,31)/b24-16-. The molecule has 1 fully saturated rings. The Hall–Kier alpha value is -3.95. The van der Waals surface area contributed by atoms with Gasteiger partial charge >= 0.3 is 0 Å². The normalized spacial score (nSPS) is 14.1. The molecule has 1 aliphatic heterocycles. The lowest BCUT2D eigenvalue weighted by Crippen LogP contribution is -2.32. The number of carbonyl (C=O) groups excluding carboxylic acids is 3. The van der Waals surface area contributed by atoms with Crippen LogP contribution in [-0.4, -0.2) is 48.8 Å². The lowest BCUT2D eigenvalue weighted by atomic mass is 10.2. The first kappa shape index (κ1) is 26.1. The van der Waals surface area contributed by atoms with Gasteiger partial charge in [0.15, 0.2) is 18.1 Å². The van der Waals surface area contributed by atoms with Crippen molar-refractivity contribution < 1.29 is 28.6 Å². The van der Waals surface area contributed by atoms with Gasteiger partial charge in [0.25, 0.3) is 17.1 Å². The lowest BCUT2D eigenvalue weighted by molar-refractivity contribution is -0.123. The second kappa shape index (κ2) is 12.3. The van der Waals surface area contributed by atoms with Gasteiger partial charge in [-0.3, -0.25) is 19.3 Å². The number of para-hydroxylation sites is 2. The smallest absolute Gasteiger partial charge is 0.293 e. The molecule has 37 heavy (non-hydrogen) atoms. The van der Waals surface area contributed by atoms with Gasteiger partial charge < -0.3 is 19.5 Å². The quantitative estimate of drug-likeness (QED) is 0.341. The van der Waals surface area contributed by atoms with Crippen LogP contribution in [0.5, 0.6) is 17.2 Å². The van der Waals surface area contributed by atoms with Gasteiger partial charge in [0.05, 0.1) is 23.6 Å². The molecule has 1 saturated heterocycles. The minimum absolute atomic E-state index is 0.0916. The average Bonchev–Trinajstić information content (AvgIpc) is 3.16. The molecule has 0 aliphatic carbocycles. The second-order valence-corrected chi connectivity index (χ2v) is 9.13. The number of thioether (sulfide) groups is 1. The Kier molecular flexibility index (Phi) is 8.71. The van der Waals surface area contributed by atoms with Crippen LogP contribution < -0.4 is 19.5 Å². The number of rotatable bonds is 10. The summed E-state index contributed by atoms with van der Waals surface area (Å²) >= 11 is 6.92. The molecule has 1 N–H and O–H groups in total. The monoisotopic (exact) mass is 538 g/mol. The number of imide groups is 1. The van der Waals surface area contributed by atoms with Crippen LogP contribution in [-0.2, 0) is 9.59 Å². The summed E-state index contributed by atoms with van der Waals surface area (Å²) in [5.74, 6) is 0.513. The van der Waals surface area contributed by atoms with Crippen molar-refractivity contribution in [3.05, 3.63) is 88.3 Å². The summed E-state index contributed by atoms with van der Waals surface area (Å²) in [6.07, 6.45) is 1.61. The van der Waals surface area contributed by atoms with E-state index in [-0.39, 0.29) is 35.8 Å². The number of methoxy groups -OCH3 is 1. The summed E-state index contributed by atoms with van der Waals surface area (Å²) in [4.78, 5) is 38.8. The fourth-order valence-electron chi connectivity index (χ4n) is 3.41. The minimum atomic E-state index is -0.408. The highest BCUT2D eigenvalue weighted by atomic mass is 35.5. The van der Waals surface area contributed by atoms with Crippen molar-refractivity contribution in [1.29, 1.82) is 0 Å². The van der Waals surface area contributed by atoms with E-state index in [2.05, 4.69) is 5.32 Å². The minimum Gasteiger partial charge on any atom is -0.493 e. The second-order valence-electron chi connectivity index (χ2n) is 7.73. The molecule has 0 aromatic heterocycles. The number of anilines is 1. The number of ether oxygens (including phenoxy) is 3. The maximum Gasteiger partial charge on any atom is 0.293 e. The van der Waals surface area contributed by atoms with Crippen LogP contribution in [0.3, 0.4) is 0 Å². The molecule has 3 amide bonds. The molecule has 190 valence electrons. The Morgan fingerprint density at radius 3 is 2.49 bits per heavy atom. The summed E-state index contributed by atoms with van der Waals surface area (Å²) in [6.45, 7) is 0.000883. The number of nitrogens with one attached hydrogen (secondary N) is 1. The number of amides is 3. The van der Waals surface area contributed by atoms with Crippen molar-refractivity contribution in [3.8, 4) is 17.2 Å². The SMILES string of the molecule is COc1cc(/C=C2\SC(=O)N(CCOc3ccccc3Cl)C2=O)ccc1OCC(=O)Nc1ccccc1. The molecule has 4 rings (SSSR count). The van der Waals surface area contributed by atoms with Crippen LogP contribution in [0.2, 0.25) is 5.02 Å². The van der Waals surface area contributed by atoms with Crippen molar-refractivity contribution in [2.24, 2.45) is 0 Å². The molecule has 10 heteroatoms. The highest BCUT2D eigenvalue weighted by Gasteiger charge is 2.34. The molecule has 0 radical (unpaired) electrons. The third-order valence-corrected chi connectivity index (χ3v) is 6.40. The number of hydrogen-bond donors (Lipinski definition) is 1. The van der Waals surface area contributed by atoms with Gasteiger partial charge in [-0.2, -0.15) is 0 Å². The van der Waals surface area contributed by atoms with Crippen LogP contribution in [0.15, 0.2) is 77.7 Å². The molecule has 0 atom stereocenters. The Labute approximate surface area is 223 Å². The van der Waals surface area contributed by atoms with Gasteiger partial charge in [0.1, 0.15) is 12.4 Å². The van der Waals surface area contributed by atoms with Crippen LogP contribution in [0.4, 0.5) is 10.5 Å². The number of carbonyl (C=O) groups is 3. The number of nitrogens with zero attached hydrogens (tertiary/aromatic N) is 1. The molecule has 0 spiro atoms. The van der Waals surface area contributed by atoms with Crippen molar-refractivity contribution in [2.75, 3.05) is 32.2 Å². The molecule has 1 heterocycles. The highest BCUT2D eigenvalue weighted by Crippen LogP contribution is 2.34. The molecule has 0 saturated carbocycles. The van der Waals surface area contributed by atoms with Crippen LogP contribution in [0.1, 0.15) is 5.56 Å². The number of halogens is 1. The number of benzene rings is 3. The third-order valence-electron chi connectivity index (χ3n) is 5.18. The van der Waals surface area contributed by atoms with E-state index in [1.807, 2.05) is 18.2 Å². The summed E-state index contributed by atoms with van der Waals surface area (Å²) < 4.78 is 16.6. The Balaban J connectivity index is 1.36. The fraction of sp³-hybridized carbons (Fsp3) is 0.148. The summed E-state index contributed by atoms with van der Waals surface area (Å²) in [6, 6.07) is 21.1. The van der Waals surface area contributed by atoms with Gasteiger partial charge in [-0.1, -0.05) is 48.0 Å². The highest BCUT2D eigenvalue weighted by molar-refractivity contribution is 8.18. The summed E-state index contributed by atoms with van der Waals surface area (Å²) in [7, 11) is 1.48. The van der Waals surface area contributed by atoms with E-state index in [1.54, 1.807) is 60.7 Å². The number of hydrogen-bond acceptors (Lipinski definition) is 7. The van der Waals surface area contributed by atoms with E-state index in [4.69, 9.17) is 25.8 Å². The van der Waals surface area contributed by atoms with Crippen LogP contribution >= 0.6 is 23.4 Å². The zero-order valence-electron chi connectivity index (χ0n) is 19.8. The first-order valence-corrected chi connectivity index (χ1v) is 12.4. The van der Waals surface area contributed by atoms with Crippen molar-refractivity contribution in [2.45, 2.75) is 0 Å². The predicted molar refractivity (Wildman–Crippen MR) is 143 cm³/mol. The molecular weight excluding hydrogens is 516 g/mol. The molecule has 3 aromatic rings. The maximum absolute atomic E-state index is 12.8. The van der Waals surface area contributed by atoms with E-state index in [9.17, 15) is 14.4 Å². The Morgan fingerprint density at radius 1 is 0.973 bits per heavy atom. The van der Waals surface area contributed by atoms with E-state index >= 15 is 0 Å². The summed E-state index contributed by atoms with van der Waals surface area (Å²) in [5.41, 5.74) is 1.30. The van der Waals surface area contributed by atoms with Gasteiger partial charge in [-0.05, 0) is 59.8 Å². The molecule has 3 aromatic carbocycles. The fourth-order valence-corrected chi connectivity index (χ4v) is 4.46. The van der Waals surface area contributed by atoms with E-state index in [0.29, 0.717) is 33.5 Å². The van der Waals surface area contributed by atoms with Gasteiger partial charge in [-0.25, -0.2) is 0 Å². The average molecular weight is 539 g/mol. The molecular formula is C27H23ClN2O6S. The maximum atomic E-state index is 12.8. The van der Waals surface area contributed by atoms with E-state index in [0.717, 1.165) is 16.7 Å². The summed E-state index contributed by atoms with van der Waals surface area (Å²) in [5, 5.41) is 2.82. The van der Waals surface area contributed by atoms with Gasteiger partial charge in [0, 0.05) is 5.69 Å². The predicted octanol–water partition coefficient (Wildman–Crippen LogP) is 5.48. The zero-order chi connectivity index (χ0) is 26.2. The topological polar surface area (TPSA) is 94.2 Å². The zero-order valence-corrected chi connectivity index (χ0v) is 21.4. The first-order chi connectivity index (χ1) is 17.9. The molecule has 0 unspecified atom stereocenters. The van der Waals surface area contributed by atoms with Crippen molar-refractivity contribution in [1.82, 2.24) is 4.90 Å². The van der Waals surface area contributed by atoms with E-state index in [1.165, 1.54) is 7.11 Å². The Bertz CT molecular complexity index is 1330. The van der Waals surface area contributed by atoms with Crippen LogP contribution in [0, 0.1) is 0 Å². The molecule has 1 aliphatic rings. The molecule has 0 bridgehead atoms. The first-order valence-electron chi connectivity index (χ1n) is 11.2. The largest absolute Gasteiger partial charge is 0.493 e. The van der Waals surface area contributed by atoms with Gasteiger partial charge in [-0.15, -0.1) is 0 Å².